The average molecular weight is 270 g/mol. The Bertz CT molecular complexity index is 576. The second-order valence-corrected chi connectivity index (χ2v) is 4.33. The Morgan fingerprint density at radius 1 is 1.00 bits per heavy atom. The average Bonchev–Trinajstić information content (AvgIpc) is 2.97. The summed E-state index contributed by atoms with van der Waals surface area (Å²) in [4.78, 5) is 1.54. The molecule has 0 unspecified atom stereocenters. The van der Waals surface area contributed by atoms with Gasteiger partial charge in [0.1, 0.15) is 0 Å². The van der Waals surface area contributed by atoms with Crippen LogP contribution in [0.4, 0.5) is 0 Å². The lowest BCUT2D eigenvalue weighted by atomic mass is 10.2. The van der Waals surface area contributed by atoms with Gasteiger partial charge in [0.2, 0.25) is 5.82 Å². The number of para-hydroxylation sites is 1. The van der Waals surface area contributed by atoms with Crippen LogP contribution in [0.25, 0.3) is 11.3 Å². The van der Waals surface area contributed by atoms with Gasteiger partial charge in [0.25, 0.3) is 0 Å². The molecule has 106 valence electrons. The smallest absolute Gasteiger partial charge is 0.131 e. The fourth-order valence-corrected chi connectivity index (χ4v) is 1.41. The van der Waals surface area contributed by atoms with Crippen LogP contribution in [-0.4, -0.2) is 20.2 Å². The topological polar surface area (TPSA) is 43.6 Å². The summed E-state index contributed by atoms with van der Waals surface area (Å²) in [6.45, 7) is 10.1. The van der Waals surface area contributed by atoms with Crippen molar-refractivity contribution < 1.29 is 0 Å². The molecule has 1 aromatic carbocycles. The van der Waals surface area contributed by atoms with Crippen molar-refractivity contribution in [3.05, 3.63) is 53.9 Å². The molecule has 0 amide bonds. The molecule has 0 aliphatic rings. The van der Waals surface area contributed by atoms with Crippen molar-refractivity contribution in [1.82, 2.24) is 20.2 Å². The first-order valence-corrected chi connectivity index (χ1v) is 6.84. The van der Waals surface area contributed by atoms with Crippen molar-refractivity contribution in [1.29, 1.82) is 0 Å². The van der Waals surface area contributed by atoms with Gasteiger partial charge in [-0.05, 0) is 43.7 Å². The van der Waals surface area contributed by atoms with E-state index in [2.05, 4.69) is 29.3 Å². The molecule has 0 saturated carbocycles. The van der Waals surface area contributed by atoms with E-state index in [1.807, 2.05) is 63.3 Å². The van der Waals surface area contributed by atoms with Gasteiger partial charge >= 0.3 is 0 Å². The van der Waals surface area contributed by atoms with Gasteiger partial charge < -0.3 is 0 Å². The highest BCUT2D eigenvalue weighted by Gasteiger charge is 2.05. The van der Waals surface area contributed by atoms with Crippen LogP contribution in [0.2, 0.25) is 0 Å². The van der Waals surface area contributed by atoms with E-state index in [-0.39, 0.29) is 0 Å². The summed E-state index contributed by atoms with van der Waals surface area (Å²) in [6, 6.07) is 9.75. The minimum atomic E-state index is 0.649. The van der Waals surface area contributed by atoms with Gasteiger partial charge in [-0.15, -0.1) is 15.0 Å². The third kappa shape index (κ3) is 4.46. The molecule has 1 aromatic heterocycles. The fraction of sp³-hybridized carbons (Fsp3) is 0.312. The predicted octanol–water partition coefficient (Wildman–Crippen LogP) is 4.06. The lowest BCUT2D eigenvalue weighted by molar-refractivity contribution is 0.719. The monoisotopic (exact) mass is 270 g/mol. The van der Waals surface area contributed by atoms with Gasteiger partial charge in [0, 0.05) is 0 Å². The second-order valence-electron chi connectivity index (χ2n) is 4.33. The zero-order chi connectivity index (χ0) is 15.0. The molecule has 2 aromatic rings. The minimum absolute atomic E-state index is 0.649. The SMILES string of the molecule is CC.CC(C)=C/C=C(\C)c1nnn(-c2ccccc2)n1. The van der Waals surface area contributed by atoms with Gasteiger partial charge in [-0.3, -0.25) is 0 Å². The Labute approximate surface area is 120 Å². The van der Waals surface area contributed by atoms with Crippen molar-refractivity contribution in [2.24, 2.45) is 0 Å². The summed E-state index contributed by atoms with van der Waals surface area (Å²) in [5.74, 6) is 0.649. The summed E-state index contributed by atoms with van der Waals surface area (Å²) in [5.41, 5.74) is 3.15. The molecule has 0 radical (unpaired) electrons. The molecule has 0 aliphatic carbocycles. The standard InChI is InChI=1S/C14H16N4.C2H6/c1-11(2)9-10-12(3)14-15-17-18(16-14)13-7-5-4-6-8-13;1-2/h4-10H,1-3H3;1-2H3/b12-10+;. The molecule has 4 heteroatoms. The quantitative estimate of drug-likeness (QED) is 0.790. The highest BCUT2D eigenvalue weighted by atomic mass is 15.6. The van der Waals surface area contributed by atoms with Gasteiger partial charge in [-0.1, -0.05) is 49.8 Å². The van der Waals surface area contributed by atoms with E-state index in [4.69, 9.17) is 0 Å². The summed E-state index contributed by atoms with van der Waals surface area (Å²) < 4.78 is 0. The molecule has 20 heavy (non-hydrogen) atoms. The van der Waals surface area contributed by atoms with E-state index < -0.39 is 0 Å². The van der Waals surface area contributed by atoms with E-state index in [1.54, 1.807) is 0 Å². The summed E-state index contributed by atoms with van der Waals surface area (Å²) in [7, 11) is 0. The minimum Gasteiger partial charge on any atom is -0.131 e. The van der Waals surface area contributed by atoms with E-state index in [1.165, 1.54) is 10.4 Å². The molecule has 0 aliphatic heterocycles. The Kier molecular flexibility index (Phi) is 6.37. The van der Waals surface area contributed by atoms with Crippen LogP contribution in [-0.2, 0) is 0 Å². The number of aromatic nitrogens is 4. The van der Waals surface area contributed by atoms with Gasteiger partial charge in [0.05, 0.1) is 5.69 Å². The van der Waals surface area contributed by atoms with E-state index in [9.17, 15) is 0 Å². The Morgan fingerprint density at radius 2 is 1.65 bits per heavy atom. The molecule has 1 heterocycles. The fourth-order valence-electron chi connectivity index (χ4n) is 1.41. The van der Waals surface area contributed by atoms with Crippen LogP contribution < -0.4 is 0 Å². The highest BCUT2D eigenvalue weighted by Crippen LogP contribution is 2.09. The lowest BCUT2D eigenvalue weighted by Gasteiger charge is -1.95. The summed E-state index contributed by atoms with van der Waals surface area (Å²) >= 11 is 0. The van der Waals surface area contributed by atoms with Crippen molar-refractivity contribution in [2.45, 2.75) is 34.6 Å². The first-order chi connectivity index (χ1) is 9.66. The van der Waals surface area contributed by atoms with Crippen LogP contribution in [0, 0.1) is 0 Å². The van der Waals surface area contributed by atoms with Gasteiger partial charge in [-0.25, -0.2) is 0 Å². The van der Waals surface area contributed by atoms with E-state index >= 15 is 0 Å². The zero-order valence-corrected chi connectivity index (χ0v) is 12.8. The lowest BCUT2D eigenvalue weighted by Crippen LogP contribution is -1.98. The molecule has 0 N–H and O–H groups in total. The molecular formula is C16H22N4. The first-order valence-electron chi connectivity index (χ1n) is 6.84. The number of allylic oxidation sites excluding steroid dienone is 4. The highest BCUT2D eigenvalue weighted by molar-refractivity contribution is 5.58. The van der Waals surface area contributed by atoms with Crippen LogP contribution in [0.3, 0.4) is 0 Å². The second kappa shape index (κ2) is 8.04. The van der Waals surface area contributed by atoms with Crippen LogP contribution >= 0.6 is 0 Å². The van der Waals surface area contributed by atoms with Crippen LogP contribution in [0.5, 0.6) is 0 Å². The molecule has 2 rings (SSSR count). The summed E-state index contributed by atoms with van der Waals surface area (Å²) in [6.07, 6.45) is 4.04. The zero-order valence-electron chi connectivity index (χ0n) is 12.8. The molecule has 0 fully saturated rings. The van der Waals surface area contributed by atoms with Crippen molar-refractivity contribution in [3.63, 3.8) is 0 Å². The molecule has 0 atom stereocenters. The van der Waals surface area contributed by atoms with Crippen molar-refractivity contribution in [3.8, 4) is 5.69 Å². The number of nitrogens with zero attached hydrogens (tertiary/aromatic N) is 4. The van der Waals surface area contributed by atoms with Gasteiger partial charge in [-0.2, -0.15) is 0 Å². The number of benzene rings is 1. The normalized spacial score (nSPS) is 10.6. The number of hydrogen-bond acceptors (Lipinski definition) is 3. The first kappa shape index (κ1) is 15.8. The number of rotatable bonds is 3. The molecule has 0 spiro atoms. The number of hydrogen-bond donors (Lipinski definition) is 0. The molecular weight excluding hydrogens is 248 g/mol. The molecule has 0 saturated heterocycles. The third-order valence-corrected chi connectivity index (χ3v) is 2.42. The van der Waals surface area contributed by atoms with Gasteiger partial charge in [0.15, 0.2) is 0 Å². The van der Waals surface area contributed by atoms with Crippen LogP contribution in [0.15, 0.2) is 48.1 Å². The molecule has 0 bridgehead atoms. The van der Waals surface area contributed by atoms with Crippen LogP contribution in [0.1, 0.15) is 40.4 Å². The largest absolute Gasteiger partial charge is 0.201 e. The van der Waals surface area contributed by atoms with Crippen molar-refractivity contribution in [2.75, 3.05) is 0 Å². The maximum Gasteiger partial charge on any atom is 0.201 e. The maximum atomic E-state index is 4.36. The number of tetrazole rings is 1. The Balaban J connectivity index is 0.000000956. The van der Waals surface area contributed by atoms with E-state index in [0.717, 1.165) is 11.3 Å². The maximum absolute atomic E-state index is 4.36. The Hall–Kier alpha value is -2.23. The Morgan fingerprint density at radius 3 is 2.25 bits per heavy atom. The van der Waals surface area contributed by atoms with E-state index in [0.29, 0.717) is 5.82 Å². The molecule has 4 nitrogen and oxygen atoms in total. The summed E-state index contributed by atoms with van der Waals surface area (Å²) in [5, 5.41) is 12.5. The third-order valence-electron chi connectivity index (χ3n) is 2.42. The predicted molar refractivity (Wildman–Crippen MR) is 83.6 cm³/mol. The van der Waals surface area contributed by atoms with Crippen molar-refractivity contribution >= 4 is 5.57 Å².